The molecule has 1 aromatic rings. The largest absolute Gasteiger partial charge is 0.492 e. The van der Waals surface area contributed by atoms with Gasteiger partial charge >= 0.3 is 0 Å². The maximum absolute atomic E-state index is 9.29. The zero-order valence-corrected chi connectivity index (χ0v) is 11.4. The predicted octanol–water partition coefficient (Wildman–Crippen LogP) is 0.967. The predicted molar refractivity (Wildman–Crippen MR) is 72.0 cm³/mol. The van der Waals surface area contributed by atoms with E-state index in [1.54, 1.807) is 0 Å². The van der Waals surface area contributed by atoms with Crippen LogP contribution in [0.4, 0.5) is 0 Å². The number of hydrogen-bond acceptors (Lipinski definition) is 4. The van der Waals surface area contributed by atoms with Gasteiger partial charge in [0.05, 0.1) is 12.7 Å². The number of likely N-dealkylation sites (N-methyl/N-ethyl adjacent to an activating group) is 1. The zero-order chi connectivity index (χ0) is 13.5. The lowest BCUT2D eigenvalue weighted by atomic mass is 10.1. The lowest BCUT2D eigenvalue weighted by Gasteiger charge is -2.19. The van der Waals surface area contributed by atoms with E-state index in [0.29, 0.717) is 19.7 Å². The molecule has 0 amide bonds. The molecule has 4 nitrogen and oxygen atoms in total. The smallest absolute Gasteiger partial charge is 0.122 e. The molecule has 0 heterocycles. The first-order valence-electron chi connectivity index (χ1n) is 6.21. The molecule has 0 aromatic heterocycles. The van der Waals surface area contributed by atoms with Crippen molar-refractivity contribution < 1.29 is 14.9 Å². The molecule has 4 heteroatoms. The van der Waals surface area contributed by atoms with Crippen molar-refractivity contribution >= 4 is 0 Å². The molecule has 1 atom stereocenters. The molecule has 0 aliphatic carbocycles. The van der Waals surface area contributed by atoms with Crippen LogP contribution >= 0.6 is 0 Å². The van der Waals surface area contributed by atoms with Crippen LogP contribution in [-0.2, 0) is 0 Å². The van der Waals surface area contributed by atoms with E-state index in [2.05, 4.69) is 13.0 Å². The van der Waals surface area contributed by atoms with Crippen molar-refractivity contribution in [2.24, 2.45) is 0 Å². The molecule has 102 valence electrons. The maximum Gasteiger partial charge on any atom is 0.122 e. The summed E-state index contributed by atoms with van der Waals surface area (Å²) in [6, 6.07) is 6.01. The number of aryl methyl sites for hydroxylation is 1. The second kappa shape index (κ2) is 7.36. The van der Waals surface area contributed by atoms with Gasteiger partial charge in [-0.1, -0.05) is 12.1 Å². The highest BCUT2D eigenvalue weighted by Gasteiger charge is 2.07. The van der Waals surface area contributed by atoms with Gasteiger partial charge in [-0.15, -0.1) is 0 Å². The van der Waals surface area contributed by atoms with E-state index in [0.717, 1.165) is 11.3 Å². The molecular weight excluding hydrogens is 230 g/mol. The van der Waals surface area contributed by atoms with Crippen LogP contribution in [0.3, 0.4) is 0 Å². The van der Waals surface area contributed by atoms with Gasteiger partial charge < -0.3 is 19.8 Å². The zero-order valence-electron chi connectivity index (χ0n) is 11.4. The van der Waals surface area contributed by atoms with Crippen molar-refractivity contribution in [2.45, 2.75) is 20.0 Å². The molecule has 0 saturated heterocycles. The summed E-state index contributed by atoms with van der Waals surface area (Å²) in [4.78, 5) is 1.94. The van der Waals surface area contributed by atoms with Gasteiger partial charge in [0.25, 0.3) is 0 Å². The van der Waals surface area contributed by atoms with Gasteiger partial charge in [0.15, 0.2) is 0 Å². The third kappa shape index (κ3) is 4.64. The van der Waals surface area contributed by atoms with E-state index in [1.807, 2.05) is 31.0 Å². The van der Waals surface area contributed by atoms with Crippen LogP contribution in [0.15, 0.2) is 18.2 Å². The molecule has 0 spiro atoms. The lowest BCUT2D eigenvalue weighted by molar-refractivity contribution is 0.0631. The first kappa shape index (κ1) is 15.0. The summed E-state index contributed by atoms with van der Waals surface area (Å²) < 4.78 is 5.72. The van der Waals surface area contributed by atoms with Gasteiger partial charge in [0.2, 0.25) is 0 Å². The minimum Gasteiger partial charge on any atom is -0.492 e. The molecule has 18 heavy (non-hydrogen) atoms. The average Bonchev–Trinajstić information content (AvgIpc) is 2.34. The number of ether oxygens (including phenoxy) is 1. The van der Waals surface area contributed by atoms with E-state index in [4.69, 9.17) is 9.84 Å². The monoisotopic (exact) mass is 253 g/mol. The van der Waals surface area contributed by atoms with E-state index in [1.165, 1.54) is 5.56 Å². The van der Waals surface area contributed by atoms with Crippen molar-refractivity contribution in [1.82, 2.24) is 4.90 Å². The second-order valence-corrected chi connectivity index (χ2v) is 4.65. The quantitative estimate of drug-likeness (QED) is 0.760. The van der Waals surface area contributed by atoms with Crippen LogP contribution in [0.1, 0.15) is 11.1 Å². The summed E-state index contributed by atoms with van der Waals surface area (Å²) in [5.74, 6) is 0.908. The molecule has 2 N–H and O–H groups in total. The number of nitrogens with zero attached hydrogens (tertiary/aromatic N) is 1. The molecular formula is C14H23NO3. The Morgan fingerprint density at radius 1 is 1.33 bits per heavy atom. The van der Waals surface area contributed by atoms with Crippen LogP contribution in [0.5, 0.6) is 5.75 Å². The second-order valence-electron chi connectivity index (χ2n) is 4.65. The van der Waals surface area contributed by atoms with Gasteiger partial charge in [-0.3, -0.25) is 0 Å². The Kier molecular flexibility index (Phi) is 6.12. The summed E-state index contributed by atoms with van der Waals surface area (Å²) in [5.41, 5.74) is 2.38. The standard InChI is InChI=1S/C14H23NO3/c1-11-5-4-6-14(12(11)2)18-8-7-15(3)9-13(17)10-16/h4-6,13,16-17H,7-10H2,1-3H3. The average molecular weight is 253 g/mol. The van der Waals surface area contributed by atoms with Crippen LogP contribution in [-0.4, -0.2) is 54.6 Å². The molecule has 0 aliphatic rings. The normalized spacial score (nSPS) is 12.8. The SMILES string of the molecule is Cc1cccc(OCCN(C)CC(O)CO)c1C. The highest BCUT2D eigenvalue weighted by molar-refractivity contribution is 5.38. The summed E-state index contributed by atoms with van der Waals surface area (Å²) in [7, 11) is 1.89. The Hall–Kier alpha value is -1.10. The van der Waals surface area contributed by atoms with E-state index in [-0.39, 0.29) is 6.61 Å². The van der Waals surface area contributed by atoms with E-state index < -0.39 is 6.10 Å². The van der Waals surface area contributed by atoms with Crippen molar-refractivity contribution in [2.75, 3.05) is 33.4 Å². The van der Waals surface area contributed by atoms with Crippen LogP contribution in [0, 0.1) is 13.8 Å². The molecule has 0 saturated carbocycles. The lowest BCUT2D eigenvalue weighted by Crippen LogP contribution is -2.34. The molecule has 0 radical (unpaired) electrons. The highest BCUT2D eigenvalue weighted by Crippen LogP contribution is 2.20. The minimum atomic E-state index is -0.685. The Morgan fingerprint density at radius 3 is 2.72 bits per heavy atom. The number of rotatable bonds is 7. The fourth-order valence-electron chi connectivity index (χ4n) is 1.70. The Balaban J connectivity index is 2.35. The van der Waals surface area contributed by atoms with Gasteiger partial charge in [-0.05, 0) is 38.1 Å². The Labute approximate surface area is 109 Å². The molecule has 0 fully saturated rings. The van der Waals surface area contributed by atoms with Gasteiger partial charge in [-0.2, -0.15) is 0 Å². The fraction of sp³-hybridized carbons (Fsp3) is 0.571. The van der Waals surface area contributed by atoms with Gasteiger partial charge in [0.1, 0.15) is 12.4 Å². The van der Waals surface area contributed by atoms with Gasteiger partial charge in [0, 0.05) is 13.1 Å². The van der Waals surface area contributed by atoms with Crippen molar-refractivity contribution in [1.29, 1.82) is 0 Å². The fourth-order valence-corrected chi connectivity index (χ4v) is 1.70. The highest BCUT2D eigenvalue weighted by atomic mass is 16.5. The number of benzene rings is 1. The van der Waals surface area contributed by atoms with Crippen LogP contribution in [0.25, 0.3) is 0 Å². The number of hydrogen-bond donors (Lipinski definition) is 2. The van der Waals surface area contributed by atoms with Crippen molar-refractivity contribution in [3.8, 4) is 5.75 Å². The summed E-state index contributed by atoms with van der Waals surface area (Å²) >= 11 is 0. The summed E-state index contributed by atoms with van der Waals surface area (Å²) in [5, 5.41) is 18.0. The Morgan fingerprint density at radius 2 is 2.06 bits per heavy atom. The molecule has 1 rings (SSSR count). The number of aliphatic hydroxyl groups is 2. The molecule has 1 unspecified atom stereocenters. The van der Waals surface area contributed by atoms with Crippen LogP contribution < -0.4 is 4.74 Å². The minimum absolute atomic E-state index is 0.206. The first-order valence-corrected chi connectivity index (χ1v) is 6.21. The maximum atomic E-state index is 9.29. The van der Waals surface area contributed by atoms with Crippen molar-refractivity contribution in [3.63, 3.8) is 0 Å². The van der Waals surface area contributed by atoms with E-state index in [9.17, 15) is 5.11 Å². The summed E-state index contributed by atoms with van der Waals surface area (Å²) in [6.45, 7) is 5.63. The number of aliphatic hydroxyl groups excluding tert-OH is 2. The van der Waals surface area contributed by atoms with Crippen LogP contribution in [0.2, 0.25) is 0 Å². The third-order valence-electron chi connectivity index (χ3n) is 3.02. The topological polar surface area (TPSA) is 52.9 Å². The summed E-state index contributed by atoms with van der Waals surface area (Å²) in [6.07, 6.45) is -0.685. The molecule has 1 aromatic carbocycles. The molecule has 0 aliphatic heterocycles. The molecule has 0 bridgehead atoms. The van der Waals surface area contributed by atoms with Gasteiger partial charge in [-0.25, -0.2) is 0 Å². The third-order valence-corrected chi connectivity index (χ3v) is 3.02. The van der Waals surface area contributed by atoms with E-state index >= 15 is 0 Å². The first-order chi connectivity index (χ1) is 8.54. The van der Waals surface area contributed by atoms with Crippen molar-refractivity contribution in [3.05, 3.63) is 29.3 Å². The Bertz CT molecular complexity index is 368.